The van der Waals surface area contributed by atoms with Crippen LogP contribution in [0.4, 0.5) is 0 Å². The molecular formula is C6H11O4. The van der Waals surface area contributed by atoms with Gasteiger partial charge >= 0.3 is 0 Å². The zero-order valence-corrected chi connectivity index (χ0v) is 5.47. The number of rotatable bonds is 1. The Labute approximate surface area is 59.1 Å². The van der Waals surface area contributed by atoms with Gasteiger partial charge in [-0.25, -0.2) is 0 Å². The summed E-state index contributed by atoms with van der Waals surface area (Å²) in [6, 6.07) is 0. The second-order valence-corrected chi connectivity index (χ2v) is 2.32. The van der Waals surface area contributed by atoms with Crippen LogP contribution in [0.1, 0.15) is 6.42 Å². The van der Waals surface area contributed by atoms with Gasteiger partial charge in [0.2, 0.25) is 0 Å². The van der Waals surface area contributed by atoms with Crippen molar-refractivity contribution in [2.75, 3.05) is 6.61 Å². The summed E-state index contributed by atoms with van der Waals surface area (Å²) in [7, 11) is 0. The summed E-state index contributed by atoms with van der Waals surface area (Å²) in [5.74, 6) is 0. The molecule has 1 fully saturated rings. The first-order valence-electron chi connectivity index (χ1n) is 3.20. The molecule has 0 unspecified atom stereocenters. The van der Waals surface area contributed by atoms with Gasteiger partial charge in [-0.15, -0.1) is 0 Å². The molecule has 0 bridgehead atoms. The van der Waals surface area contributed by atoms with Gasteiger partial charge in [-0.3, -0.25) is 0 Å². The van der Waals surface area contributed by atoms with E-state index < -0.39 is 18.3 Å². The van der Waals surface area contributed by atoms with Crippen molar-refractivity contribution in [2.24, 2.45) is 0 Å². The van der Waals surface area contributed by atoms with Gasteiger partial charge in [0, 0.05) is 6.42 Å². The Morgan fingerprint density at radius 2 is 2.20 bits per heavy atom. The van der Waals surface area contributed by atoms with E-state index in [0.717, 1.165) is 0 Å². The third kappa shape index (κ3) is 1.46. The van der Waals surface area contributed by atoms with Gasteiger partial charge in [0.15, 0.2) is 0 Å². The monoisotopic (exact) mass is 147 g/mol. The maximum absolute atomic E-state index is 9.08. The first-order chi connectivity index (χ1) is 4.75. The minimum absolute atomic E-state index is 0.269. The topological polar surface area (TPSA) is 69.9 Å². The van der Waals surface area contributed by atoms with Crippen molar-refractivity contribution in [1.29, 1.82) is 0 Å². The van der Waals surface area contributed by atoms with Crippen LogP contribution in [-0.4, -0.2) is 40.2 Å². The summed E-state index contributed by atoms with van der Waals surface area (Å²) in [5.41, 5.74) is 0. The third-order valence-corrected chi connectivity index (χ3v) is 1.56. The first kappa shape index (κ1) is 7.94. The van der Waals surface area contributed by atoms with E-state index in [1.807, 2.05) is 0 Å². The molecule has 3 N–H and O–H groups in total. The van der Waals surface area contributed by atoms with E-state index in [0.29, 0.717) is 6.42 Å². The maximum atomic E-state index is 9.08. The average molecular weight is 147 g/mol. The number of hydrogen-bond acceptors (Lipinski definition) is 4. The Bertz CT molecular complexity index is 106. The molecule has 1 rings (SSSR count). The van der Waals surface area contributed by atoms with E-state index in [4.69, 9.17) is 20.1 Å². The van der Waals surface area contributed by atoms with Crippen LogP contribution in [0.5, 0.6) is 0 Å². The molecule has 1 saturated heterocycles. The van der Waals surface area contributed by atoms with Gasteiger partial charge in [0.25, 0.3) is 0 Å². The summed E-state index contributed by atoms with van der Waals surface area (Å²) in [6.07, 6.45) is -2.11. The summed E-state index contributed by atoms with van der Waals surface area (Å²) >= 11 is 0. The average Bonchev–Trinajstić information content (AvgIpc) is 1.95. The van der Waals surface area contributed by atoms with Crippen molar-refractivity contribution in [3.63, 3.8) is 0 Å². The second kappa shape index (κ2) is 3.30. The molecule has 1 aliphatic rings. The second-order valence-electron chi connectivity index (χ2n) is 2.32. The molecular weight excluding hydrogens is 136 g/mol. The minimum Gasteiger partial charge on any atom is -0.394 e. The van der Waals surface area contributed by atoms with Crippen LogP contribution in [0.25, 0.3) is 0 Å². The molecule has 1 radical (unpaired) electrons. The van der Waals surface area contributed by atoms with Crippen LogP contribution < -0.4 is 0 Å². The van der Waals surface area contributed by atoms with E-state index in [9.17, 15) is 0 Å². The number of aliphatic hydroxyl groups is 3. The molecule has 3 atom stereocenters. The molecule has 59 valence electrons. The lowest BCUT2D eigenvalue weighted by Crippen LogP contribution is -2.44. The summed E-state index contributed by atoms with van der Waals surface area (Å²) in [6.45, 7) is 1.13. The minimum atomic E-state index is -0.963. The van der Waals surface area contributed by atoms with Crippen molar-refractivity contribution in [3.05, 3.63) is 6.61 Å². The molecule has 1 heterocycles. The highest BCUT2D eigenvalue weighted by atomic mass is 16.5. The van der Waals surface area contributed by atoms with Crippen LogP contribution in [0.3, 0.4) is 0 Å². The Hall–Kier alpha value is -0.160. The van der Waals surface area contributed by atoms with E-state index in [1.54, 1.807) is 0 Å². The normalized spacial score (nSPS) is 41.7. The van der Waals surface area contributed by atoms with Gasteiger partial charge in [0.1, 0.15) is 12.2 Å². The fraction of sp³-hybridized carbons (Fsp3) is 0.833. The largest absolute Gasteiger partial charge is 0.394 e. The Morgan fingerprint density at radius 3 is 2.70 bits per heavy atom. The highest BCUT2D eigenvalue weighted by molar-refractivity contribution is 4.84. The molecule has 10 heavy (non-hydrogen) atoms. The highest BCUT2D eigenvalue weighted by Gasteiger charge is 2.30. The number of aliphatic hydroxyl groups excluding tert-OH is 3. The van der Waals surface area contributed by atoms with E-state index in [-0.39, 0.29) is 6.61 Å². The van der Waals surface area contributed by atoms with Gasteiger partial charge in [-0.1, -0.05) is 0 Å². The van der Waals surface area contributed by atoms with Crippen LogP contribution >= 0.6 is 0 Å². The Kier molecular flexibility index (Phi) is 2.62. The lowest BCUT2D eigenvalue weighted by atomic mass is 10.0. The molecule has 0 aromatic carbocycles. The summed E-state index contributed by atoms with van der Waals surface area (Å²) < 4.78 is 4.82. The molecule has 0 saturated carbocycles. The number of ether oxygens (including phenoxy) is 1. The van der Waals surface area contributed by atoms with Gasteiger partial charge in [-0.2, -0.15) is 0 Å². The fourth-order valence-corrected chi connectivity index (χ4v) is 0.896. The summed E-state index contributed by atoms with van der Waals surface area (Å²) in [4.78, 5) is 0. The molecule has 4 heteroatoms. The van der Waals surface area contributed by atoms with E-state index in [1.165, 1.54) is 6.61 Å². The van der Waals surface area contributed by atoms with Crippen LogP contribution in [-0.2, 0) is 4.74 Å². The molecule has 0 aromatic rings. The van der Waals surface area contributed by atoms with Crippen LogP contribution in [0, 0.1) is 6.61 Å². The van der Waals surface area contributed by atoms with Crippen molar-refractivity contribution >= 4 is 0 Å². The van der Waals surface area contributed by atoms with Crippen molar-refractivity contribution in [3.8, 4) is 0 Å². The quantitative estimate of drug-likeness (QED) is 0.429. The van der Waals surface area contributed by atoms with Gasteiger partial charge in [-0.05, 0) is 0 Å². The standard InChI is InChI=1S/C6H11O4/c7-3-5-6(9)4(8)1-2-10-5/h2,4-9H,1,3H2/t4-,5-,6+/m1/s1. The first-order valence-corrected chi connectivity index (χ1v) is 3.20. The predicted molar refractivity (Wildman–Crippen MR) is 32.9 cm³/mol. The summed E-state index contributed by atoms with van der Waals surface area (Å²) in [5, 5.41) is 26.7. The highest BCUT2D eigenvalue weighted by Crippen LogP contribution is 2.16. The zero-order valence-electron chi connectivity index (χ0n) is 5.47. The lowest BCUT2D eigenvalue weighted by molar-refractivity contribution is -0.124. The van der Waals surface area contributed by atoms with Crippen molar-refractivity contribution in [1.82, 2.24) is 0 Å². The van der Waals surface area contributed by atoms with Gasteiger partial charge < -0.3 is 20.1 Å². The lowest BCUT2D eigenvalue weighted by Gasteiger charge is -2.30. The number of hydrogen-bond donors (Lipinski definition) is 3. The zero-order chi connectivity index (χ0) is 7.56. The van der Waals surface area contributed by atoms with E-state index >= 15 is 0 Å². The Morgan fingerprint density at radius 1 is 1.50 bits per heavy atom. The molecule has 0 aliphatic carbocycles. The van der Waals surface area contributed by atoms with Crippen molar-refractivity contribution in [2.45, 2.75) is 24.7 Å². The molecule has 0 aromatic heterocycles. The fourth-order valence-electron chi connectivity index (χ4n) is 0.896. The molecule has 1 aliphatic heterocycles. The van der Waals surface area contributed by atoms with Crippen LogP contribution in [0.15, 0.2) is 0 Å². The van der Waals surface area contributed by atoms with E-state index in [2.05, 4.69) is 0 Å². The third-order valence-electron chi connectivity index (χ3n) is 1.56. The SMILES string of the molecule is OC[C@H]1O[CH]C[C@@H](O)[C@@H]1O. The smallest absolute Gasteiger partial charge is 0.109 e. The molecule has 0 spiro atoms. The van der Waals surface area contributed by atoms with Gasteiger partial charge in [0.05, 0.1) is 19.3 Å². The Balaban J connectivity index is 2.42. The molecule has 4 nitrogen and oxygen atoms in total. The van der Waals surface area contributed by atoms with Crippen LogP contribution in [0.2, 0.25) is 0 Å². The predicted octanol–water partition coefficient (Wildman–Crippen LogP) is -1.35. The molecule has 0 amide bonds. The maximum Gasteiger partial charge on any atom is 0.109 e. The van der Waals surface area contributed by atoms with Crippen molar-refractivity contribution < 1.29 is 20.1 Å².